The van der Waals surface area contributed by atoms with E-state index < -0.39 is 6.36 Å². The van der Waals surface area contributed by atoms with Gasteiger partial charge in [-0.2, -0.15) is 5.26 Å². The summed E-state index contributed by atoms with van der Waals surface area (Å²) < 4.78 is 41.0. The lowest BCUT2D eigenvalue weighted by molar-refractivity contribution is -0.274. The number of nitrogens with one attached hydrogen (secondary N) is 1. The fourth-order valence-corrected chi connectivity index (χ4v) is 1.69. The van der Waals surface area contributed by atoms with Crippen LogP contribution < -0.4 is 15.8 Å². The summed E-state index contributed by atoms with van der Waals surface area (Å²) >= 11 is 0. The highest BCUT2D eigenvalue weighted by molar-refractivity contribution is 5.72. The van der Waals surface area contributed by atoms with Gasteiger partial charge in [-0.1, -0.05) is 12.1 Å². The molecule has 0 heterocycles. The fourth-order valence-electron chi connectivity index (χ4n) is 1.69. The molecule has 0 aliphatic carbocycles. The van der Waals surface area contributed by atoms with Crippen LogP contribution in [0.15, 0.2) is 42.5 Å². The molecule has 0 spiro atoms. The van der Waals surface area contributed by atoms with Crippen LogP contribution in [-0.4, -0.2) is 6.36 Å². The first-order valence-corrected chi connectivity index (χ1v) is 5.80. The van der Waals surface area contributed by atoms with Crippen molar-refractivity contribution < 1.29 is 17.9 Å². The van der Waals surface area contributed by atoms with Gasteiger partial charge < -0.3 is 15.8 Å². The van der Waals surface area contributed by atoms with E-state index in [9.17, 15) is 13.2 Å². The number of nitrogens with zero attached hydrogens (tertiary/aromatic N) is 1. The molecule has 2 rings (SSSR count). The first-order valence-electron chi connectivity index (χ1n) is 5.80. The molecule has 0 amide bonds. The Hall–Kier alpha value is -2.88. The van der Waals surface area contributed by atoms with Crippen molar-refractivity contribution in [3.8, 4) is 11.8 Å². The molecule has 2 aromatic carbocycles. The molecule has 0 aromatic heterocycles. The third kappa shape index (κ3) is 3.79. The van der Waals surface area contributed by atoms with Gasteiger partial charge in [0, 0.05) is 5.69 Å². The maximum Gasteiger partial charge on any atom is 0.573 e. The Labute approximate surface area is 118 Å². The lowest BCUT2D eigenvalue weighted by Crippen LogP contribution is -2.17. The highest BCUT2D eigenvalue weighted by Gasteiger charge is 2.32. The lowest BCUT2D eigenvalue weighted by Gasteiger charge is -2.15. The van der Waals surface area contributed by atoms with E-state index in [1.54, 1.807) is 6.07 Å². The third-order valence-corrected chi connectivity index (χ3v) is 2.55. The largest absolute Gasteiger partial charge is 0.573 e. The fraction of sp³-hybridized carbons (Fsp3) is 0.0714. The predicted molar refractivity (Wildman–Crippen MR) is 72.0 cm³/mol. The molecule has 0 radical (unpaired) electrons. The van der Waals surface area contributed by atoms with Crippen LogP contribution in [0.5, 0.6) is 5.75 Å². The molecule has 7 heteroatoms. The number of nitriles is 1. The molecule has 0 saturated carbocycles. The number of anilines is 3. The van der Waals surface area contributed by atoms with Gasteiger partial charge >= 0.3 is 6.36 Å². The van der Waals surface area contributed by atoms with E-state index in [1.807, 2.05) is 6.07 Å². The van der Waals surface area contributed by atoms with Gasteiger partial charge in [0.05, 0.1) is 16.9 Å². The van der Waals surface area contributed by atoms with Crippen LogP contribution >= 0.6 is 0 Å². The Morgan fingerprint density at radius 2 is 1.81 bits per heavy atom. The smallest absolute Gasteiger partial charge is 0.404 e. The second kappa shape index (κ2) is 5.63. The number of hydrogen-bond acceptors (Lipinski definition) is 4. The maximum atomic E-state index is 12.3. The number of hydrogen-bond donors (Lipinski definition) is 2. The highest BCUT2D eigenvalue weighted by Crippen LogP contribution is 2.33. The van der Waals surface area contributed by atoms with Gasteiger partial charge in [0.1, 0.15) is 6.07 Å². The number of alkyl halides is 3. The third-order valence-electron chi connectivity index (χ3n) is 2.55. The Morgan fingerprint density at radius 1 is 1.10 bits per heavy atom. The van der Waals surface area contributed by atoms with E-state index in [4.69, 9.17) is 11.0 Å². The van der Waals surface area contributed by atoms with E-state index >= 15 is 0 Å². The van der Waals surface area contributed by atoms with Crippen LogP contribution in [0.1, 0.15) is 5.56 Å². The topological polar surface area (TPSA) is 71.1 Å². The molecule has 3 N–H and O–H groups in total. The molecule has 108 valence electrons. The predicted octanol–water partition coefficient (Wildman–Crippen LogP) is 3.78. The van der Waals surface area contributed by atoms with Crippen molar-refractivity contribution in [1.82, 2.24) is 0 Å². The summed E-state index contributed by atoms with van der Waals surface area (Å²) in [6.07, 6.45) is -4.79. The SMILES string of the molecule is N#Cc1cc(N)ccc1Nc1ccccc1OC(F)(F)F. The highest BCUT2D eigenvalue weighted by atomic mass is 19.4. The Kier molecular flexibility index (Phi) is 3.89. The van der Waals surface area contributed by atoms with Crippen LogP contribution in [0, 0.1) is 11.3 Å². The molecule has 0 saturated heterocycles. The van der Waals surface area contributed by atoms with Gasteiger partial charge in [-0.15, -0.1) is 13.2 Å². The number of benzene rings is 2. The minimum Gasteiger partial charge on any atom is -0.404 e. The number of ether oxygens (including phenoxy) is 1. The van der Waals surface area contributed by atoms with Gasteiger partial charge in [0.25, 0.3) is 0 Å². The van der Waals surface area contributed by atoms with Crippen LogP contribution in [0.3, 0.4) is 0 Å². The molecule has 0 aliphatic rings. The van der Waals surface area contributed by atoms with Crippen molar-refractivity contribution in [3.63, 3.8) is 0 Å². The molecule has 0 unspecified atom stereocenters. The number of halogens is 3. The molecule has 4 nitrogen and oxygen atoms in total. The van der Waals surface area contributed by atoms with Crippen molar-refractivity contribution >= 4 is 17.1 Å². The molecule has 0 aliphatic heterocycles. The molecular formula is C14H10F3N3O. The van der Waals surface area contributed by atoms with Crippen molar-refractivity contribution in [3.05, 3.63) is 48.0 Å². The number of rotatable bonds is 3. The number of nitrogen functional groups attached to an aromatic ring is 1. The maximum absolute atomic E-state index is 12.3. The van der Waals surface area contributed by atoms with Crippen LogP contribution in [0.2, 0.25) is 0 Å². The molecule has 2 aromatic rings. The van der Waals surface area contributed by atoms with Crippen LogP contribution in [0.25, 0.3) is 0 Å². The van der Waals surface area contributed by atoms with E-state index in [1.165, 1.54) is 36.4 Å². The quantitative estimate of drug-likeness (QED) is 0.845. The van der Waals surface area contributed by atoms with Crippen LogP contribution in [0.4, 0.5) is 30.2 Å². The summed E-state index contributed by atoms with van der Waals surface area (Å²) in [5.41, 5.74) is 6.59. The second-order valence-corrected chi connectivity index (χ2v) is 4.09. The number of para-hydroxylation sites is 2. The summed E-state index contributed by atoms with van der Waals surface area (Å²) in [5, 5.41) is 11.8. The lowest BCUT2D eigenvalue weighted by atomic mass is 10.1. The first kappa shape index (κ1) is 14.5. The summed E-state index contributed by atoms with van der Waals surface area (Å²) in [4.78, 5) is 0. The van der Waals surface area contributed by atoms with Gasteiger partial charge in [0.2, 0.25) is 0 Å². The average molecular weight is 293 g/mol. The van der Waals surface area contributed by atoms with E-state index in [-0.39, 0.29) is 17.0 Å². The molecular weight excluding hydrogens is 283 g/mol. The van der Waals surface area contributed by atoms with Crippen LogP contribution in [-0.2, 0) is 0 Å². The molecule has 0 bridgehead atoms. The van der Waals surface area contributed by atoms with Gasteiger partial charge in [-0.3, -0.25) is 0 Å². The molecule has 21 heavy (non-hydrogen) atoms. The van der Waals surface area contributed by atoms with Crippen molar-refractivity contribution in [2.24, 2.45) is 0 Å². The zero-order valence-corrected chi connectivity index (χ0v) is 10.6. The normalized spacial score (nSPS) is 10.8. The summed E-state index contributed by atoms with van der Waals surface area (Å²) in [5.74, 6) is -0.384. The molecule has 0 atom stereocenters. The summed E-state index contributed by atoms with van der Waals surface area (Å²) in [6.45, 7) is 0. The van der Waals surface area contributed by atoms with Crippen molar-refractivity contribution in [2.45, 2.75) is 6.36 Å². The van der Waals surface area contributed by atoms with Gasteiger partial charge in [-0.05, 0) is 30.3 Å². The Balaban J connectivity index is 2.35. The zero-order valence-electron chi connectivity index (χ0n) is 10.6. The second-order valence-electron chi connectivity index (χ2n) is 4.09. The summed E-state index contributed by atoms with van der Waals surface area (Å²) in [7, 11) is 0. The van der Waals surface area contributed by atoms with Gasteiger partial charge in [-0.25, -0.2) is 0 Å². The van der Waals surface area contributed by atoms with Gasteiger partial charge in [0.15, 0.2) is 5.75 Å². The van der Waals surface area contributed by atoms with Crippen molar-refractivity contribution in [1.29, 1.82) is 5.26 Å². The number of nitrogens with two attached hydrogens (primary N) is 1. The first-order chi connectivity index (χ1) is 9.89. The molecule has 0 fully saturated rings. The van der Waals surface area contributed by atoms with E-state index in [0.29, 0.717) is 11.4 Å². The Bertz CT molecular complexity index is 693. The van der Waals surface area contributed by atoms with E-state index in [2.05, 4.69) is 10.1 Å². The van der Waals surface area contributed by atoms with Crippen molar-refractivity contribution in [2.75, 3.05) is 11.1 Å². The monoisotopic (exact) mass is 293 g/mol. The van der Waals surface area contributed by atoms with E-state index in [0.717, 1.165) is 0 Å². The minimum atomic E-state index is -4.79. The zero-order chi connectivity index (χ0) is 15.5. The minimum absolute atomic E-state index is 0.0936. The standard InChI is InChI=1S/C14H10F3N3O/c15-14(16,17)21-13-4-2-1-3-12(13)20-11-6-5-10(19)7-9(11)8-18/h1-7,20H,19H2. The summed E-state index contributed by atoms with van der Waals surface area (Å²) in [6, 6.07) is 12.0. The average Bonchev–Trinajstić information content (AvgIpc) is 2.41. The Morgan fingerprint density at radius 3 is 2.48 bits per heavy atom.